The molecule has 2 aliphatic rings. The molecule has 11 aromatic carbocycles. The van der Waals surface area contributed by atoms with Crippen LogP contribution in [0.5, 0.6) is 0 Å². The summed E-state index contributed by atoms with van der Waals surface area (Å²) >= 11 is 1.79. The predicted octanol–water partition coefficient (Wildman–Crippen LogP) is 18.5. The van der Waals surface area contributed by atoms with Gasteiger partial charge < -0.3 is 4.42 Å². The minimum atomic E-state index is -0.386. The first-order valence-corrected chi connectivity index (χ1v) is 26.3. The van der Waals surface area contributed by atoms with Crippen molar-refractivity contribution in [3.63, 3.8) is 0 Å². The summed E-state index contributed by atoms with van der Waals surface area (Å²) in [6, 6.07) is 89.9. The Bertz CT molecular complexity index is 4600. The predicted molar refractivity (Wildman–Crippen MR) is 309 cm³/mol. The summed E-state index contributed by atoms with van der Waals surface area (Å²) in [5.41, 5.74) is 21.4. The Hall–Kier alpha value is -9.55. The lowest BCUT2D eigenvalue weighted by molar-refractivity contribution is 0.669. The molecule has 75 heavy (non-hydrogen) atoms. The number of thiophene rings is 1. The molecule has 0 unspecified atom stereocenters. The number of furan rings is 1. The standard InChI is InChI=1S/C70H41N3OS/c1-2-14-42(15-3-1)45-16-12-17-48(38-45)67-71-68(49-33-36-55-54-21-7-11-27-64(54)75-65(55)41-49)73-69(72-67)56-22-13-26-63-66(56)57-39-46(34-37-62(57)74-63)43-28-30-44(31-29-43)47-32-35-53-52-20-6-10-25-60(52)70(61(53)40-47)58-23-8-4-18-50(58)51-19-5-9-24-59(51)70/h1-41H. The smallest absolute Gasteiger partial charge is 0.164 e. The Morgan fingerprint density at radius 1 is 0.280 bits per heavy atom. The zero-order valence-electron chi connectivity index (χ0n) is 40.3. The molecular formula is C70H41N3OS. The van der Waals surface area contributed by atoms with Crippen LogP contribution in [0.1, 0.15) is 22.3 Å². The molecular weight excluding hydrogens is 931 g/mol. The summed E-state index contributed by atoms with van der Waals surface area (Å²) in [6.07, 6.45) is 0. The van der Waals surface area contributed by atoms with Crippen LogP contribution in [0, 0.1) is 0 Å². The minimum Gasteiger partial charge on any atom is -0.456 e. The summed E-state index contributed by atoms with van der Waals surface area (Å²) in [4.78, 5) is 15.9. The lowest BCUT2D eigenvalue weighted by Gasteiger charge is -2.30. The van der Waals surface area contributed by atoms with E-state index in [0.29, 0.717) is 17.5 Å². The van der Waals surface area contributed by atoms with Crippen LogP contribution in [0.4, 0.5) is 0 Å². The third kappa shape index (κ3) is 6.32. The molecule has 0 radical (unpaired) electrons. The average Bonchev–Trinajstić information content (AvgIpc) is 4.23. The second-order valence-electron chi connectivity index (χ2n) is 19.8. The van der Waals surface area contributed by atoms with Gasteiger partial charge in [0, 0.05) is 47.6 Å². The van der Waals surface area contributed by atoms with E-state index in [4.69, 9.17) is 19.4 Å². The summed E-state index contributed by atoms with van der Waals surface area (Å²) in [5.74, 6) is 1.81. The molecule has 0 amide bonds. The summed E-state index contributed by atoms with van der Waals surface area (Å²) in [6.45, 7) is 0. The highest BCUT2D eigenvalue weighted by molar-refractivity contribution is 7.25. The number of benzene rings is 11. The Balaban J connectivity index is 0.804. The number of hydrogen-bond donors (Lipinski definition) is 0. The SMILES string of the molecule is c1ccc(-c2cccc(-c3nc(-c4ccc5c(c4)sc4ccccc45)nc(-c4cccc5oc6ccc(-c7ccc(-c8ccc9c(c8)C8(c%10ccccc%10-c%10ccccc%108)c8ccccc8-9)cc7)cc6c45)n3)c2)cc1. The van der Waals surface area contributed by atoms with Crippen molar-refractivity contribution in [2.75, 3.05) is 0 Å². The second kappa shape index (κ2) is 16.2. The van der Waals surface area contributed by atoms with Crippen LogP contribution in [0.15, 0.2) is 253 Å². The van der Waals surface area contributed by atoms with Crippen molar-refractivity contribution in [1.82, 2.24) is 15.0 Å². The lowest BCUT2D eigenvalue weighted by atomic mass is 9.70. The Kier molecular flexibility index (Phi) is 9.09. The minimum absolute atomic E-state index is 0.386. The number of rotatable bonds is 6. The van der Waals surface area contributed by atoms with Gasteiger partial charge in [0.25, 0.3) is 0 Å². The van der Waals surface area contributed by atoms with E-state index in [0.717, 1.165) is 60.9 Å². The van der Waals surface area contributed by atoms with Gasteiger partial charge in [-0.25, -0.2) is 15.0 Å². The van der Waals surface area contributed by atoms with Crippen LogP contribution in [-0.4, -0.2) is 15.0 Å². The third-order valence-corrected chi connectivity index (χ3v) is 16.9. The van der Waals surface area contributed by atoms with E-state index < -0.39 is 0 Å². The molecule has 0 fully saturated rings. The van der Waals surface area contributed by atoms with Gasteiger partial charge in [-0.15, -0.1) is 11.3 Å². The molecule has 14 aromatic rings. The van der Waals surface area contributed by atoms with Crippen LogP contribution >= 0.6 is 11.3 Å². The van der Waals surface area contributed by atoms with Crippen molar-refractivity contribution in [2.24, 2.45) is 0 Å². The van der Waals surface area contributed by atoms with Crippen molar-refractivity contribution in [3.05, 3.63) is 271 Å². The van der Waals surface area contributed by atoms with Crippen molar-refractivity contribution < 1.29 is 4.42 Å². The van der Waals surface area contributed by atoms with Gasteiger partial charge in [0.15, 0.2) is 17.5 Å². The molecule has 0 aliphatic heterocycles. The van der Waals surface area contributed by atoms with E-state index in [1.807, 2.05) is 18.2 Å². The number of nitrogens with zero attached hydrogens (tertiary/aromatic N) is 3. The molecule has 348 valence electrons. The third-order valence-electron chi connectivity index (χ3n) is 15.8. The molecule has 5 heteroatoms. The van der Waals surface area contributed by atoms with Crippen molar-refractivity contribution in [1.29, 1.82) is 0 Å². The highest BCUT2D eigenvalue weighted by Gasteiger charge is 2.51. The van der Waals surface area contributed by atoms with Crippen molar-refractivity contribution >= 4 is 53.4 Å². The summed E-state index contributed by atoms with van der Waals surface area (Å²) < 4.78 is 9.08. The van der Waals surface area contributed by atoms with Crippen LogP contribution in [0.3, 0.4) is 0 Å². The van der Waals surface area contributed by atoms with Crippen LogP contribution < -0.4 is 0 Å². The zero-order valence-corrected chi connectivity index (χ0v) is 41.1. The van der Waals surface area contributed by atoms with Gasteiger partial charge in [-0.2, -0.15) is 0 Å². The quantitative estimate of drug-likeness (QED) is 0.167. The maximum atomic E-state index is 6.63. The van der Waals surface area contributed by atoms with Gasteiger partial charge in [-0.3, -0.25) is 0 Å². The van der Waals surface area contributed by atoms with Crippen LogP contribution in [0.2, 0.25) is 0 Å². The fraction of sp³-hybridized carbons (Fsp3) is 0.0143. The van der Waals surface area contributed by atoms with Gasteiger partial charge in [-0.05, 0) is 120 Å². The number of hydrogen-bond acceptors (Lipinski definition) is 5. The molecule has 3 aromatic heterocycles. The highest BCUT2D eigenvalue weighted by atomic mass is 32.1. The van der Waals surface area contributed by atoms with Gasteiger partial charge in [-0.1, -0.05) is 206 Å². The van der Waals surface area contributed by atoms with Gasteiger partial charge in [0.2, 0.25) is 0 Å². The van der Waals surface area contributed by atoms with Crippen molar-refractivity contribution in [2.45, 2.75) is 5.41 Å². The first-order chi connectivity index (χ1) is 37.1. The molecule has 0 N–H and O–H groups in total. The lowest BCUT2D eigenvalue weighted by Crippen LogP contribution is -2.25. The van der Waals surface area contributed by atoms with Crippen LogP contribution in [0.25, 0.3) is 132 Å². The molecule has 0 saturated carbocycles. The Morgan fingerprint density at radius 3 is 1.51 bits per heavy atom. The number of fused-ring (bicyclic) bond motifs is 16. The van der Waals surface area contributed by atoms with E-state index in [1.54, 1.807) is 11.3 Å². The topological polar surface area (TPSA) is 51.8 Å². The van der Waals surface area contributed by atoms with Crippen LogP contribution in [-0.2, 0) is 5.41 Å². The zero-order chi connectivity index (χ0) is 49.2. The van der Waals surface area contributed by atoms with E-state index >= 15 is 0 Å². The normalized spacial score (nSPS) is 12.9. The molecule has 0 atom stereocenters. The molecule has 3 heterocycles. The largest absolute Gasteiger partial charge is 0.456 e. The monoisotopic (exact) mass is 971 g/mol. The fourth-order valence-electron chi connectivity index (χ4n) is 12.4. The first-order valence-electron chi connectivity index (χ1n) is 25.5. The molecule has 4 nitrogen and oxygen atoms in total. The Morgan fingerprint density at radius 2 is 0.773 bits per heavy atom. The summed E-state index contributed by atoms with van der Waals surface area (Å²) in [5, 5.41) is 4.46. The molecule has 0 saturated heterocycles. The number of aromatic nitrogens is 3. The molecule has 2 aliphatic carbocycles. The van der Waals surface area contributed by atoms with E-state index in [1.165, 1.54) is 75.8 Å². The second-order valence-corrected chi connectivity index (χ2v) is 20.9. The molecule has 0 bridgehead atoms. The van der Waals surface area contributed by atoms with E-state index in [9.17, 15) is 0 Å². The average molecular weight is 972 g/mol. The Labute approximate surface area is 436 Å². The molecule has 1 spiro atoms. The van der Waals surface area contributed by atoms with Gasteiger partial charge in [0.05, 0.1) is 5.41 Å². The van der Waals surface area contributed by atoms with E-state index in [-0.39, 0.29) is 5.41 Å². The first kappa shape index (κ1) is 42.0. The fourth-order valence-corrected chi connectivity index (χ4v) is 13.6. The maximum Gasteiger partial charge on any atom is 0.164 e. The summed E-state index contributed by atoms with van der Waals surface area (Å²) in [7, 11) is 0. The van der Waals surface area contributed by atoms with Gasteiger partial charge in [0.1, 0.15) is 11.2 Å². The van der Waals surface area contributed by atoms with Gasteiger partial charge >= 0.3 is 0 Å². The van der Waals surface area contributed by atoms with E-state index in [2.05, 4.69) is 231 Å². The molecule has 16 rings (SSSR count). The van der Waals surface area contributed by atoms with Crippen molar-refractivity contribution in [3.8, 4) is 89.8 Å². The maximum absolute atomic E-state index is 6.63. The highest BCUT2D eigenvalue weighted by Crippen LogP contribution is 2.63.